The van der Waals surface area contributed by atoms with Gasteiger partial charge in [0.05, 0.1) is 12.1 Å². The SMILES string of the molecule is CCC(=O)N1CSC[C@H]1C(=O)Nc1ccc(-c2cnc(C)o2)cc1. The first-order valence-corrected chi connectivity index (χ1v) is 8.95. The van der Waals surface area contributed by atoms with Gasteiger partial charge in [-0.3, -0.25) is 9.59 Å². The summed E-state index contributed by atoms with van der Waals surface area (Å²) in [5, 5.41) is 2.88. The summed E-state index contributed by atoms with van der Waals surface area (Å²) in [5.41, 5.74) is 1.59. The third-order valence-corrected chi connectivity index (χ3v) is 4.88. The first-order chi connectivity index (χ1) is 11.6. The Morgan fingerprint density at radius 1 is 1.38 bits per heavy atom. The summed E-state index contributed by atoms with van der Waals surface area (Å²) in [4.78, 5) is 30.1. The van der Waals surface area contributed by atoms with Crippen molar-refractivity contribution in [2.45, 2.75) is 26.3 Å². The first-order valence-electron chi connectivity index (χ1n) is 7.79. The Kier molecular flexibility index (Phi) is 4.89. The van der Waals surface area contributed by atoms with E-state index in [0.29, 0.717) is 35.4 Å². The topological polar surface area (TPSA) is 75.4 Å². The number of benzene rings is 1. The van der Waals surface area contributed by atoms with E-state index < -0.39 is 6.04 Å². The molecule has 0 radical (unpaired) electrons. The van der Waals surface area contributed by atoms with Crippen LogP contribution in [0.5, 0.6) is 0 Å². The Morgan fingerprint density at radius 3 is 2.75 bits per heavy atom. The maximum atomic E-state index is 12.5. The summed E-state index contributed by atoms with van der Waals surface area (Å²) < 4.78 is 5.48. The predicted octanol–water partition coefficient (Wildman–Crippen LogP) is 2.90. The average Bonchev–Trinajstić information content (AvgIpc) is 3.24. The highest BCUT2D eigenvalue weighted by Gasteiger charge is 2.33. The molecule has 0 aliphatic carbocycles. The van der Waals surface area contributed by atoms with Crippen molar-refractivity contribution < 1.29 is 14.0 Å². The summed E-state index contributed by atoms with van der Waals surface area (Å²) in [7, 11) is 0. The molecule has 1 aliphatic rings. The van der Waals surface area contributed by atoms with E-state index >= 15 is 0 Å². The molecule has 1 aliphatic heterocycles. The van der Waals surface area contributed by atoms with E-state index in [9.17, 15) is 9.59 Å². The standard InChI is InChI=1S/C17H19N3O3S/c1-3-16(21)20-10-24-9-14(20)17(22)19-13-6-4-12(5-7-13)15-8-18-11(2)23-15/h4-8,14H,3,9-10H2,1-2H3,(H,19,22)/t14-/m0/s1. The van der Waals surface area contributed by atoms with E-state index in [2.05, 4.69) is 10.3 Å². The van der Waals surface area contributed by atoms with Gasteiger partial charge >= 0.3 is 0 Å². The highest BCUT2D eigenvalue weighted by molar-refractivity contribution is 7.99. The van der Waals surface area contributed by atoms with Crippen molar-refractivity contribution in [1.82, 2.24) is 9.88 Å². The zero-order chi connectivity index (χ0) is 17.1. The zero-order valence-corrected chi connectivity index (χ0v) is 14.4. The highest BCUT2D eigenvalue weighted by Crippen LogP contribution is 2.25. The van der Waals surface area contributed by atoms with Crippen LogP contribution in [-0.2, 0) is 9.59 Å². The minimum Gasteiger partial charge on any atom is -0.441 e. The minimum absolute atomic E-state index is 0.0104. The molecule has 1 saturated heterocycles. The summed E-state index contributed by atoms with van der Waals surface area (Å²) >= 11 is 1.60. The summed E-state index contributed by atoms with van der Waals surface area (Å²) in [6.45, 7) is 3.60. The molecular formula is C17H19N3O3S. The van der Waals surface area contributed by atoms with Crippen LogP contribution in [0, 0.1) is 6.92 Å². The van der Waals surface area contributed by atoms with Crippen molar-refractivity contribution in [3.63, 3.8) is 0 Å². The van der Waals surface area contributed by atoms with Crippen LogP contribution in [0.15, 0.2) is 34.9 Å². The molecule has 24 heavy (non-hydrogen) atoms. The lowest BCUT2D eigenvalue weighted by atomic mass is 10.1. The number of nitrogens with zero attached hydrogens (tertiary/aromatic N) is 2. The molecule has 3 rings (SSSR count). The largest absolute Gasteiger partial charge is 0.441 e. The van der Waals surface area contributed by atoms with E-state index in [4.69, 9.17) is 4.42 Å². The Bertz CT molecular complexity index is 742. The number of aryl methyl sites for hydroxylation is 1. The van der Waals surface area contributed by atoms with Crippen LogP contribution in [0.2, 0.25) is 0 Å². The molecule has 2 amide bonds. The Balaban J connectivity index is 1.67. The summed E-state index contributed by atoms with van der Waals surface area (Å²) in [5.74, 6) is 2.38. The van der Waals surface area contributed by atoms with E-state index in [0.717, 1.165) is 5.56 Å². The second kappa shape index (κ2) is 7.09. The monoisotopic (exact) mass is 345 g/mol. The first kappa shape index (κ1) is 16.6. The number of carbonyl (C=O) groups excluding carboxylic acids is 2. The smallest absolute Gasteiger partial charge is 0.248 e. The van der Waals surface area contributed by atoms with Crippen molar-refractivity contribution >= 4 is 29.3 Å². The maximum Gasteiger partial charge on any atom is 0.248 e. The zero-order valence-electron chi connectivity index (χ0n) is 13.6. The normalized spacial score (nSPS) is 17.1. The van der Waals surface area contributed by atoms with E-state index in [1.807, 2.05) is 31.2 Å². The fraction of sp³-hybridized carbons (Fsp3) is 0.353. The minimum atomic E-state index is -0.404. The molecule has 1 aromatic carbocycles. The molecule has 7 heteroatoms. The lowest BCUT2D eigenvalue weighted by Gasteiger charge is -2.22. The van der Waals surface area contributed by atoms with Gasteiger partial charge in [-0.1, -0.05) is 6.92 Å². The number of nitrogens with one attached hydrogen (secondary N) is 1. The van der Waals surface area contributed by atoms with Crippen molar-refractivity contribution in [3.8, 4) is 11.3 Å². The number of hydrogen-bond acceptors (Lipinski definition) is 5. The molecular weight excluding hydrogens is 326 g/mol. The van der Waals surface area contributed by atoms with Gasteiger partial charge in [-0.25, -0.2) is 4.98 Å². The number of oxazole rings is 1. The van der Waals surface area contributed by atoms with Gasteiger partial charge in [0.25, 0.3) is 0 Å². The van der Waals surface area contributed by atoms with Crippen molar-refractivity contribution in [1.29, 1.82) is 0 Å². The molecule has 1 N–H and O–H groups in total. The number of thioether (sulfide) groups is 1. The van der Waals surface area contributed by atoms with Gasteiger partial charge < -0.3 is 14.6 Å². The van der Waals surface area contributed by atoms with Crippen LogP contribution in [0.25, 0.3) is 11.3 Å². The molecule has 0 bridgehead atoms. The molecule has 0 unspecified atom stereocenters. The molecule has 1 atom stereocenters. The molecule has 6 nitrogen and oxygen atoms in total. The van der Waals surface area contributed by atoms with E-state index in [-0.39, 0.29) is 11.8 Å². The van der Waals surface area contributed by atoms with Gasteiger partial charge in [0.2, 0.25) is 11.8 Å². The lowest BCUT2D eigenvalue weighted by Crippen LogP contribution is -2.44. The van der Waals surface area contributed by atoms with Crippen molar-refractivity contribution in [2.24, 2.45) is 0 Å². The van der Waals surface area contributed by atoms with Crippen LogP contribution in [0.4, 0.5) is 5.69 Å². The molecule has 1 fully saturated rings. The van der Waals surface area contributed by atoms with Crippen molar-refractivity contribution in [2.75, 3.05) is 16.9 Å². The van der Waals surface area contributed by atoms with E-state index in [1.54, 1.807) is 29.8 Å². The third kappa shape index (κ3) is 3.46. The van der Waals surface area contributed by atoms with Gasteiger partial charge in [-0.05, 0) is 24.3 Å². The number of aromatic nitrogens is 1. The van der Waals surface area contributed by atoms with Gasteiger partial charge in [0.1, 0.15) is 6.04 Å². The van der Waals surface area contributed by atoms with Crippen LogP contribution < -0.4 is 5.32 Å². The molecule has 0 saturated carbocycles. The molecule has 126 valence electrons. The van der Waals surface area contributed by atoms with Crippen LogP contribution in [0.3, 0.4) is 0 Å². The highest BCUT2D eigenvalue weighted by atomic mass is 32.2. The Labute approximate surface area is 144 Å². The van der Waals surface area contributed by atoms with Gasteiger partial charge in [-0.2, -0.15) is 0 Å². The summed E-state index contributed by atoms with van der Waals surface area (Å²) in [6.07, 6.45) is 2.09. The number of amides is 2. The molecule has 0 spiro atoms. The number of anilines is 1. The Morgan fingerprint density at radius 2 is 2.12 bits per heavy atom. The quantitative estimate of drug-likeness (QED) is 0.922. The lowest BCUT2D eigenvalue weighted by molar-refractivity contribution is -0.135. The van der Waals surface area contributed by atoms with Crippen LogP contribution in [0.1, 0.15) is 19.2 Å². The second-order valence-corrected chi connectivity index (χ2v) is 6.54. The molecule has 2 aromatic rings. The van der Waals surface area contributed by atoms with Crippen molar-refractivity contribution in [3.05, 3.63) is 36.4 Å². The Hall–Kier alpha value is -2.28. The van der Waals surface area contributed by atoms with Gasteiger partial charge in [0, 0.05) is 30.3 Å². The van der Waals surface area contributed by atoms with E-state index in [1.165, 1.54) is 0 Å². The molecule has 2 heterocycles. The second-order valence-electron chi connectivity index (χ2n) is 5.54. The van der Waals surface area contributed by atoms with Crippen LogP contribution >= 0.6 is 11.8 Å². The van der Waals surface area contributed by atoms with Crippen LogP contribution in [-0.4, -0.2) is 39.4 Å². The average molecular weight is 345 g/mol. The van der Waals surface area contributed by atoms with Gasteiger partial charge in [-0.15, -0.1) is 11.8 Å². The molecule has 1 aromatic heterocycles. The summed E-state index contributed by atoms with van der Waals surface area (Å²) in [6, 6.07) is 6.97. The number of rotatable bonds is 4. The fourth-order valence-corrected chi connectivity index (χ4v) is 3.73. The number of carbonyl (C=O) groups is 2. The predicted molar refractivity (Wildman–Crippen MR) is 93.6 cm³/mol. The van der Waals surface area contributed by atoms with Gasteiger partial charge in [0.15, 0.2) is 11.7 Å². The third-order valence-electron chi connectivity index (χ3n) is 3.87. The maximum absolute atomic E-state index is 12.5. The number of hydrogen-bond donors (Lipinski definition) is 1. The fourth-order valence-electron chi connectivity index (χ4n) is 2.55.